The first kappa shape index (κ1) is 13.8. The Balaban J connectivity index is 2.18. The quantitative estimate of drug-likeness (QED) is 0.395. The molecule has 0 spiro atoms. The summed E-state index contributed by atoms with van der Waals surface area (Å²) in [6.45, 7) is 0. The summed E-state index contributed by atoms with van der Waals surface area (Å²) in [5.41, 5.74) is 12.4. The van der Waals surface area contributed by atoms with Crippen molar-refractivity contribution in [1.29, 1.82) is 0 Å². The monoisotopic (exact) mass is 298 g/mol. The average molecular weight is 299 g/mol. The molecule has 1 unspecified atom stereocenters. The van der Waals surface area contributed by atoms with Crippen molar-refractivity contribution in [3.63, 3.8) is 0 Å². The van der Waals surface area contributed by atoms with Crippen molar-refractivity contribution in [2.45, 2.75) is 6.04 Å². The van der Waals surface area contributed by atoms with Crippen molar-refractivity contribution in [3.05, 3.63) is 70.9 Å². The molecule has 0 radical (unpaired) electrons. The molecule has 1 heterocycles. The third kappa shape index (κ3) is 2.56. The Morgan fingerprint density at radius 2 is 1.90 bits per heavy atom. The van der Waals surface area contributed by atoms with Gasteiger partial charge in [-0.3, -0.25) is 10.8 Å². The van der Waals surface area contributed by atoms with Crippen molar-refractivity contribution in [2.24, 2.45) is 5.84 Å². The molecular formula is C16H15ClN4. The van der Waals surface area contributed by atoms with Gasteiger partial charge in [0.15, 0.2) is 0 Å². The van der Waals surface area contributed by atoms with E-state index in [2.05, 4.69) is 10.4 Å². The summed E-state index contributed by atoms with van der Waals surface area (Å²) in [6.07, 6.45) is 1.77. The SMILES string of the molecule is NNC(c1ccc(Cl)cc1N)c1cccc2ncccc12. The van der Waals surface area contributed by atoms with Crippen molar-refractivity contribution < 1.29 is 0 Å². The molecule has 0 fully saturated rings. The first-order chi connectivity index (χ1) is 10.2. The van der Waals surface area contributed by atoms with Crippen molar-refractivity contribution >= 4 is 28.2 Å². The van der Waals surface area contributed by atoms with Gasteiger partial charge in [-0.2, -0.15) is 0 Å². The number of fused-ring (bicyclic) bond motifs is 1. The largest absolute Gasteiger partial charge is 0.398 e. The fourth-order valence-electron chi connectivity index (χ4n) is 2.53. The third-order valence-corrected chi connectivity index (χ3v) is 3.75. The number of aromatic nitrogens is 1. The number of pyridine rings is 1. The Labute approximate surface area is 127 Å². The van der Waals surface area contributed by atoms with Crippen LogP contribution in [-0.2, 0) is 0 Å². The molecule has 2 aromatic carbocycles. The number of nitrogen functional groups attached to an aromatic ring is 1. The molecule has 21 heavy (non-hydrogen) atoms. The highest BCUT2D eigenvalue weighted by atomic mass is 35.5. The zero-order valence-electron chi connectivity index (χ0n) is 11.3. The molecule has 4 nitrogen and oxygen atoms in total. The third-order valence-electron chi connectivity index (χ3n) is 3.52. The van der Waals surface area contributed by atoms with Crippen LogP contribution in [0.25, 0.3) is 10.9 Å². The van der Waals surface area contributed by atoms with Gasteiger partial charge in [0, 0.05) is 22.3 Å². The first-order valence-electron chi connectivity index (χ1n) is 6.55. The van der Waals surface area contributed by atoms with E-state index in [0.29, 0.717) is 10.7 Å². The fourth-order valence-corrected chi connectivity index (χ4v) is 2.72. The number of nitrogens with one attached hydrogen (secondary N) is 1. The summed E-state index contributed by atoms with van der Waals surface area (Å²) >= 11 is 5.96. The minimum absolute atomic E-state index is 0.227. The highest BCUT2D eigenvalue weighted by molar-refractivity contribution is 6.30. The molecule has 0 aliphatic heterocycles. The number of nitrogens with two attached hydrogens (primary N) is 2. The maximum atomic E-state index is 6.08. The van der Waals surface area contributed by atoms with E-state index in [4.69, 9.17) is 23.2 Å². The van der Waals surface area contributed by atoms with E-state index in [1.165, 1.54) is 0 Å². The average Bonchev–Trinajstić information content (AvgIpc) is 2.50. The van der Waals surface area contributed by atoms with Gasteiger partial charge in [0.25, 0.3) is 0 Å². The maximum Gasteiger partial charge on any atom is 0.0736 e. The van der Waals surface area contributed by atoms with Crippen LogP contribution in [0.15, 0.2) is 54.7 Å². The number of hydrogen-bond acceptors (Lipinski definition) is 4. The van der Waals surface area contributed by atoms with Crippen LogP contribution in [0.4, 0.5) is 5.69 Å². The summed E-state index contributed by atoms with van der Waals surface area (Å²) < 4.78 is 0. The highest BCUT2D eigenvalue weighted by Gasteiger charge is 2.17. The number of hydrazine groups is 1. The predicted octanol–water partition coefficient (Wildman–Crippen LogP) is 3.02. The number of anilines is 1. The van der Waals surface area contributed by atoms with Crippen LogP contribution in [0.2, 0.25) is 5.02 Å². The van der Waals surface area contributed by atoms with Crippen molar-refractivity contribution in [3.8, 4) is 0 Å². The standard InChI is InChI=1S/C16H15ClN4/c17-10-6-7-13(14(18)9-10)16(21-19)12-3-1-5-15-11(12)4-2-8-20-15/h1-9,16,21H,18-19H2. The first-order valence-corrected chi connectivity index (χ1v) is 6.93. The van der Waals surface area contributed by atoms with Gasteiger partial charge in [0.05, 0.1) is 11.6 Å². The molecular weight excluding hydrogens is 284 g/mol. The van der Waals surface area contributed by atoms with E-state index >= 15 is 0 Å². The predicted molar refractivity (Wildman–Crippen MR) is 86.8 cm³/mol. The summed E-state index contributed by atoms with van der Waals surface area (Å²) in [5.74, 6) is 5.78. The fraction of sp³-hybridized carbons (Fsp3) is 0.0625. The number of rotatable bonds is 3. The van der Waals surface area contributed by atoms with Gasteiger partial charge >= 0.3 is 0 Å². The second kappa shape index (κ2) is 5.69. The van der Waals surface area contributed by atoms with Gasteiger partial charge in [-0.05, 0) is 35.4 Å². The molecule has 5 N–H and O–H groups in total. The lowest BCUT2D eigenvalue weighted by molar-refractivity contribution is 0.642. The topological polar surface area (TPSA) is 77.0 Å². The van der Waals surface area contributed by atoms with Crippen LogP contribution in [0.3, 0.4) is 0 Å². The van der Waals surface area contributed by atoms with E-state index < -0.39 is 0 Å². The van der Waals surface area contributed by atoms with E-state index in [1.807, 2.05) is 36.4 Å². The van der Waals surface area contributed by atoms with Crippen LogP contribution in [0, 0.1) is 0 Å². The van der Waals surface area contributed by atoms with Gasteiger partial charge in [-0.25, -0.2) is 5.43 Å². The second-order valence-electron chi connectivity index (χ2n) is 4.79. The van der Waals surface area contributed by atoms with Crippen LogP contribution >= 0.6 is 11.6 Å². The van der Waals surface area contributed by atoms with Gasteiger partial charge in [0.1, 0.15) is 0 Å². The molecule has 5 heteroatoms. The molecule has 0 bridgehead atoms. The van der Waals surface area contributed by atoms with Gasteiger partial charge < -0.3 is 5.73 Å². The number of nitrogens with zero attached hydrogens (tertiary/aromatic N) is 1. The van der Waals surface area contributed by atoms with Crippen LogP contribution in [0.1, 0.15) is 17.2 Å². The molecule has 0 saturated carbocycles. The Morgan fingerprint density at radius 3 is 2.67 bits per heavy atom. The molecule has 1 atom stereocenters. The Kier molecular flexibility index (Phi) is 3.75. The molecule has 0 aliphatic carbocycles. The van der Waals surface area contributed by atoms with E-state index in [-0.39, 0.29) is 6.04 Å². The zero-order chi connectivity index (χ0) is 14.8. The summed E-state index contributed by atoms with van der Waals surface area (Å²) in [4.78, 5) is 4.37. The van der Waals surface area contributed by atoms with E-state index in [0.717, 1.165) is 22.0 Å². The van der Waals surface area contributed by atoms with Crippen LogP contribution < -0.4 is 17.0 Å². The Morgan fingerprint density at radius 1 is 1.05 bits per heavy atom. The highest BCUT2D eigenvalue weighted by Crippen LogP contribution is 2.31. The van der Waals surface area contributed by atoms with Crippen molar-refractivity contribution in [1.82, 2.24) is 10.4 Å². The zero-order valence-corrected chi connectivity index (χ0v) is 12.0. The summed E-state index contributed by atoms with van der Waals surface area (Å²) in [6, 6.07) is 15.1. The minimum Gasteiger partial charge on any atom is -0.398 e. The molecule has 1 aromatic heterocycles. The van der Waals surface area contributed by atoms with Crippen molar-refractivity contribution in [2.75, 3.05) is 5.73 Å². The number of hydrogen-bond donors (Lipinski definition) is 3. The van der Waals surface area contributed by atoms with Crippen LogP contribution in [-0.4, -0.2) is 4.98 Å². The molecule has 0 aliphatic rings. The van der Waals surface area contributed by atoms with Gasteiger partial charge in [-0.15, -0.1) is 0 Å². The molecule has 3 rings (SSSR count). The summed E-state index contributed by atoms with van der Waals surface area (Å²) in [7, 11) is 0. The maximum absolute atomic E-state index is 6.08. The lowest BCUT2D eigenvalue weighted by atomic mass is 9.94. The molecule has 0 saturated heterocycles. The minimum atomic E-state index is -0.227. The summed E-state index contributed by atoms with van der Waals surface area (Å²) in [5, 5.41) is 1.64. The lowest BCUT2D eigenvalue weighted by Gasteiger charge is -2.20. The lowest BCUT2D eigenvalue weighted by Crippen LogP contribution is -2.29. The van der Waals surface area contributed by atoms with Crippen LogP contribution in [0.5, 0.6) is 0 Å². The van der Waals surface area contributed by atoms with Gasteiger partial charge in [-0.1, -0.05) is 35.9 Å². The Bertz CT molecular complexity index is 783. The number of halogens is 1. The molecule has 106 valence electrons. The smallest absolute Gasteiger partial charge is 0.0736 e. The Hall–Kier alpha value is -2.14. The normalized spacial score (nSPS) is 12.5. The molecule has 0 amide bonds. The van der Waals surface area contributed by atoms with Gasteiger partial charge in [0.2, 0.25) is 0 Å². The second-order valence-corrected chi connectivity index (χ2v) is 5.23. The van der Waals surface area contributed by atoms with E-state index in [1.54, 1.807) is 18.3 Å². The molecule has 3 aromatic rings. The number of benzene rings is 2. The van der Waals surface area contributed by atoms with E-state index in [9.17, 15) is 0 Å².